The largest absolute Gasteiger partial charge is 0.492 e. The number of pyridine rings is 1. The van der Waals surface area contributed by atoms with Crippen molar-refractivity contribution in [3.63, 3.8) is 0 Å². The van der Waals surface area contributed by atoms with E-state index in [-0.39, 0.29) is 0 Å². The van der Waals surface area contributed by atoms with E-state index in [1.54, 1.807) is 0 Å². The van der Waals surface area contributed by atoms with Crippen molar-refractivity contribution >= 4 is 11.8 Å². The van der Waals surface area contributed by atoms with E-state index >= 15 is 0 Å². The normalized spacial score (nSPS) is 10.4. The monoisotopic (exact) mass is 248 g/mol. The van der Waals surface area contributed by atoms with Crippen LogP contribution in [0.3, 0.4) is 0 Å². The molecule has 0 aliphatic carbocycles. The van der Waals surface area contributed by atoms with Gasteiger partial charge < -0.3 is 20.0 Å². The van der Waals surface area contributed by atoms with Crippen molar-refractivity contribution in [3.8, 4) is 5.75 Å². The standard InChI is InChI=1S/C8H6F2N2O5/c1-17-3-2-11-7(12(15)16)5(6(9)10)4(3)8(13)14/h2,6H,1H3,(H,13,14). The van der Waals surface area contributed by atoms with E-state index in [0.717, 1.165) is 7.11 Å². The predicted molar refractivity (Wildman–Crippen MR) is 49.4 cm³/mol. The SMILES string of the molecule is COc1cnc([N+](=O)[O-])c(C(F)F)c1C(=O)O. The molecule has 0 saturated heterocycles. The Hall–Kier alpha value is -2.32. The quantitative estimate of drug-likeness (QED) is 0.641. The molecule has 0 atom stereocenters. The lowest BCUT2D eigenvalue weighted by atomic mass is 10.1. The molecular formula is C8H6F2N2O5. The molecule has 0 unspecified atom stereocenters. The zero-order valence-corrected chi connectivity index (χ0v) is 8.39. The Morgan fingerprint density at radius 1 is 1.65 bits per heavy atom. The van der Waals surface area contributed by atoms with Gasteiger partial charge in [0.15, 0.2) is 11.9 Å². The number of nitro groups is 1. The summed E-state index contributed by atoms with van der Waals surface area (Å²) in [6.45, 7) is 0. The smallest absolute Gasteiger partial charge is 0.373 e. The van der Waals surface area contributed by atoms with Crippen LogP contribution in [0.5, 0.6) is 5.75 Å². The molecule has 1 aromatic rings. The number of hydrogen-bond donors (Lipinski definition) is 1. The third-order valence-electron chi connectivity index (χ3n) is 1.89. The van der Waals surface area contributed by atoms with Crippen molar-refractivity contribution in [2.45, 2.75) is 6.43 Å². The number of rotatable bonds is 4. The Morgan fingerprint density at radius 3 is 2.59 bits per heavy atom. The minimum absolute atomic E-state index is 0.460. The Bertz CT molecular complexity index is 477. The van der Waals surface area contributed by atoms with Crippen LogP contribution >= 0.6 is 0 Å². The first kappa shape index (κ1) is 12.7. The second kappa shape index (κ2) is 4.68. The Kier molecular flexibility index (Phi) is 3.51. The van der Waals surface area contributed by atoms with Gasteiger partial charge in [0.1, 0.15) is 11.1 Å². The maximum atomic E-state index is 12.7. The molecule has 0 aliphatic rings. The molecule has 0 aromatic carbocycles. The highest BCUT2D eigenvalue weighted by Gasteiger charge is 2.33. The lowest BCUT2D eigenvalue weighted by Crippen LogP contribution is -2.10. The average Bonchev–Trinajstić information content (AvgIpc) is 2.26. The first-order valence-electron chi connectivity index (χ1n) is 4.12. The molecule has 9 heteroatoms. The van der Waals surface area contributed by atoms with E-state index in [9.17, 15) is 23.7 Å². The summed E-state index contributed by atoms with van der Waals surface area (Å²) in [6, 6.07) is 0. The molecular weight excluding hydrogens is 242 g/mol. The summed E-state index contributed by atoms with van der Waals surface area (Å²) in [4.78, 5) is 23.3. The van der Waals surface area contributed by atoms with Crippen LogP contribution in [0.1, 0.15) is 22.3 Å². The van der Waals surface area contributed by atoms with Gasteiger partial charge >= 0.3 is 11.8 Å². The third kappa shape index (κ3) is 2.27. The Morgan fingerprint density at radius 2 is 2.24 bits per heavy atom. The van der Waals surface area contributed by atoms with Crippen molar-refractivity contribution in [1.29, 1.82) is 0 Å². The van der Waals surface area contributed by atoms with Gasteiger partial charge in [-0.1, -0.05) is 0 Å². The molecule has 0 radical (unpaired) electrons. The number of halogens is 2. The first-order valence-corrected chi connectivity index (χ1v) is 4.12. The maximum absolute atomic E-state index is 12.7. The highest BCUT2D eigenvalue weighted by atomic mass is 19.3. The molecule has 92 valence electrons. The van der Waals surface area contributed by atoms with Gasteiger partial charge in [-0.05, 0) is 9.91 Å². The number of carboxylic acids is 1. The highest BCUT2D eigenvalue weighted by molar-refractivity contribution is 5.93. The Balaban J connectivity index is 3.65. The fourth-order valence-electron chi connectivity index (χ4n) is 1.23. The predicted octanol–water partition coefficient (Wildman–Crippen LogP) is 1.63. The molecule has 1 rings (SSSR count). The second-order valence-corrected chi connectivity index (χ2v) is 2.80. The van der Waals surface area contributed by atoms with Crippen LogP contribution < -0.4 is 4.74 Å². The average molecular weight is 248 g/mol. The fraction of sp³-hybridized carbons (Fsp3) is 0.250. The van der Waals surface area contributed by atoms with E-state index in [1.807, 2.05) is 0 Å². The molecule has 0 amide bonds. The number of carboxylic acid groups (broad SMARTS) is 1. The molecule has 1 heterocycles. The Labute approximate surface area is 92.8 Å². The minimum Gasteiger partial charge on any atom is -0.492 e. The van der Waals surface area contributed by atoms with E-state index < -0.39 is 40.0 Å². The van der Waals surface area contributed by atoms with Crippen molar-refractivity contribution in [3.05, 3.63) is 27.4 Å². The van der Waals surface area contributed by atoms with E-state index in [2.05, 4.69) is 9.72 Å². The maximum Gasteiger partial charge on any atom is 0.373 e. The molecule has 0 spiro atoms. The number of hydrogen-bond acceptors (Lipinski definition) is 5. The lowest BCUT2D eigenvalue weighted by Gasteiger charge is -2.08. The number of alkyl halides is 2. The van der Waals surface area contributed by atoms with Crippen molar-refractivity contribution in [2.75, 3.05) is 7.11 Å². The minimum atomic E-state index is -3.34. The lowest BCUT2D eigenvalue weighted by molar-refractivity contribution is -0.391. The zero-order chi connectivity index (χ0) is 13.2. The van der Waals surface area contributed by atoms with Crippen LogP contribution in [0.2, 0.25) is 0 Å². The number of aromatic nitrogens is 1. The van der Waals surface area contributed by atoms with Crippen molar-refractivity contribution in [2.24, 2.45) is 0 Å². The molecule has 1 N–H and O–H groups in total. The fourth-order valence-corrected chi connectivity index (χ4v) is 1.23. The van der Waals surface area contributed by atoms with Crippen LogP contribution in [0, 0.1) is 10.1 Å². The number of nitrogens with zero attached hydrogens (tertiary/aromatic N) is 2. The molecule has 0 bridgehead atoms. The summed E-state index contributed by atoms with van der Waals surface area (Å²) < 4.78 is 29.9. The summed E-state index contributed by atoms with van der Waals surface area (Å²) in [5.41, 5.74) is -2.22. The van der Waals surface area contributed by atoms with Crippen LogP contribution in [0.25, 0.3) is 0 Å². The van der Waals surface area contributed by atoms with Crippen LogP contribution in [-0.2, 0) is 0 Å². The third-order valence-corrected chi connectivity index (χ3v) is 1.89. The summed E-state index contributed by atoms with van der Waals surface area (Å²) in [7, 11) is 1.05. The molecule has 7 nitrogen and oxygen atoms in total. The van der Waals surface area contributed by atoms with Crippen molar-refractivity contribution in [1.82, 2.24) is 4.98 Å². The van der Waals surface area contributed by atoms with E-state index in [0.29, 0.717) is 6.20 Å². The van der Waals surface area contributed by atoms with Gasteiger partial charge in [-0.15, -0.1) is 0 Å². The van der Waals surface area contributed by atoms with Gasteiger partial charge in [0.25, 0.3) is 6.43 Å². The highest BCUT2D eigenvalue weighted by Crippen LogP contribution is 2.35. The van der Waals surface area contributed by atoms with Gasteiger partial charge in [-0.3, -0.25) is 0 Å². The number of carbonyl (C=O) groups is 1. The molecule has 0 saturated carbocycles. The summed E-state index contributed by atoms with van der Waals surface area (Å²) in [5, 5.41) is 19.2. The molecule has 0 aliphatic heterocycles. The first-order chi connectivity index (χ1) is 7.90. The number of ether oxygens (including phenoxy) is 1. The molecule has 17 heavy (non-hydrogen) atoms. The zero-order valence-electron chi connectivity index (χ0n) is 8.39. The molecule has 1 aromatic heterocycles. The summed E-state index contributed by atoms with van der Waals surface area (Å²) >= 11 is 0. The van der Waals surface area contributed by atoms with Crippen molar-refractivity contribution < 1.29 is 28.3 Å². The molecule has 0 fully saturated rings. The topological polar surface area (TPSA) is 103 Å². The summed E-state index contributed by atoms with van der Waals surface area (Å²) in [6.07, 6.45) is -2.63. The van der Waals surface area contributed by atoms with Crippen LogP contribution in [0.4, 0.5) is 14.6 Å². The van der Waals surface area contributed by atoms with E-state index in [4.69, 9.17) is 5.11 Å². The van der Waals surface area contributed by atoms with Gasteiger partial charge in [0, 0.05) is 0 Å². The second-order valence-electron chi connectivity index (χ2n) is 2.80. The van der Waals surface area contributed by atoms with Gasteiger partial charge in [-0.25, -0.2) is 13.6 Å². The van der Waals surface area contributed by atoms with Gasteiger partial charge in [0.2, 0.25) is 0 Å². The van der Waals surface area contributed by atoms with Gasteiger partial charge in [-0.2, -0.15) is 0 Å². The number of methoxy groups -OCH3 is 1. The van der Waals surface area contributed by atoms with Gasteiger partial charge in [0.05, 0.1) is 7.11 Å². The van der Waals surface area contributed by atoms with E-state index in [1.165, 1.54) is 0 Å². The van der Waals surface area contributed by atoms with Crippen LogP contribution in [-0.4, -0.2) is 28.1 Å². The number of aromatic carboxylic acids is 1. The summed E-state index contributed by atoms with van der Waals surface area (Å²) in [5.74, 6) is -3.40. The van der Waals surface area contributed by atoms with Crippen LogP contribution in [0.15, 0.2) is 6.20 Å².